The second-order valence-corrected chi connectivity index (χ2v) is 6.06. The number of halogens is 1. The molecule has 0 aliphatic heterocycles. The van der Waals surface area contributed by atoms with E-state index in [0.717, 1.165) is 0 Å². The maximum absolute atomic E-state index is 12.1. The van der Waals surface area contributed by atoms with Gasteiger partial charge in [-0.25, -0.2) is 5.10 Å². The number of H-pyrrole nitrogens is 1. The van der Waals surface area contributed by atoms with Gasteiger partial charge in [0.1, 0.15) is 0 Å². The first-order chi connectivity index (χ1) is 12.1. The van der Waals surface area contributed by atoms with Crippen LogP contribution in [-0.2, 0) is 11.2 Å². The van der Waals surface area contributed by atoms with Crippen LogP contribution >= 0.6 is 15.9 Å². The molecule has 0 unspecified atom stereocenters. The number of rotatable bonds is 3. The number of aromatic amines is 1. The number of amides is 2. The quantitative estimate of drug-likeness (QED) is 0.581. The van der Waals surface area contributed by atoms with Gasteiger partial charge in [-0.15, -0.1) is 0 Å². The molecule has 2 aromatic carbocycles. The van der Waals surface area contributed by atoms with E-state index in [1.165, 1.54) is 0 Å². The fourth-order valence-electron chi connectivity index (χ4n) is 2.34. The van der Waals surface area contributed by atoms with Crippen molar-refractivity contribution in [3.8, 4) is 0 Å². The Morgan fingerprint density at radius 3 is 2.44 bits per heavy atom. The maximum atomic E-state index is 12.1. The topological polar surface area (TPSA) is 104 Å². The predicted octanol–water partition coefficient (Wildman–Crippen LogP) is 1.69. The molecule has 126 valence electrons. The van der Waals surface area contributed by atoms with Crippen molar-refractivity contribution < 1.29 is 9.59 Å². The Morgan fingerprint density at radius 1 is 1.00 bits per heavy atom. The summed E-state index contributed by atoms with van der Waals surface area (Å²) in [5.41, 5.74) is 5.20. The Kier molecular flexibility index (Phi) is 4.90. The lowest BCUT2D eigenvalue weighted by Gasteiger charge is -2.09. The second-order valence-electron chi connectivity index (χ2n) is 5.20. The molecular weight excluding hydrogens is 388 g/mol. The lowest BCUT2D eigenvalue weighted by Crippen LogP contribution is -2.42. The van der Waals surface area contributed by atoms with E-state index >= 15 is 0 Å². The smallest absolute Gasteiger partial charge is 0.272 e. The maximum Gasteiger partial charge on any atom is 0.272 e. The van der Waals surface area contributed by atoms with Gasteiger partial charge in [0, 0.05) is 9.86 Å². The first kappa shape index (κ1) is 16.8. The van der Waals surface area contributed by atoms with Crippen molar-refractivity contribution in [1.29, 1.82) is 0 Å². The van der Waals surface area contributed by atoms with Crippen molar-refractivity contribution in [3.05, 3.63) is 74.6 Å². The predicted molar refractivity (Wildman–Crippen MR) is 95.8 cm³/mol. The van der Waals surface area contributed by atoms with Gasteiger partial charge in [-0.3, -0.25) is 25.2 Å². The summed E-state index contributed by atoms with van der Waals surface area (Å²) in [5, 5.41) is 7.35. The molecule has 0 fully saturated rings. The number of benzene rings is 2. The van der Waals surface area contributed by atoms with Crippen LogP contribution in [0.25, 0.3) is 10.8 Å². The molecule has 1 heterocycles. The third-order valence-electron chi connectivity index (χ3n) is 3.54. The van der Waals surface area contributed by atoms with Gasteiger partial charge in [0.25, 0.3) is 11.5 Å². The van der Waals surface area contributed by atoms with E-state index in [1.807, 2.05) is 0 Å². The fraction of sp³-hybridized carbons (Fsp3) is 0.0588. The molecular formula is C17H13BrN4O3. The number of fused-ring (bicyclic) bond motifs is 1. The third-order valence-corrected chi connectivity index (χ3v) is 4.23. The van der Waals surface area contributed by atoms with Crippen molar-refractivity contribution in [1.82, 2.24) is 21.0 Å². The molecule has 0 radical (unpaired) electrons. The number of hydrazine groups is 1. The number of carbonyl (C=O) groups is 2. The number of hydrogen-bond donors (Lipinski definition) is 3. The highest BCUT2D eigenvalue weighted by atomic mass is 79.9. The van der Waals surface area contributed by atoms with Crippen LogP contribution in [0, 0.1) is 0 Å². The van der Waals surface area contributed by atoms with Gasteiger partial charge in [0.2, 0.25) is 5.91 Å². The molecule has 3 aromatic rings. The standard InChI is InChI=1S/C17H13BrN4O3/c18-13-8-4-3-7-12(13)17(25)22-20-15(23)9-14-10-5-1-2-6-11(10)16(24)21-19-14/h1-8H,9H2,(H,20,23)(H,21,24)(H,22,25). The Hall–Kier alpha value is -3.00. The van der Waals surface area contributed by atoms with Crippen LogP contribution in [0.1, 0.15) is 16.1 Å². The fourth-order valence-corrected chi connectivity index (χ4v) is 2.81. The molecule has 7 nitrogen and oxygen atoms in total. The van der Waals surface area contributed by atoms with Gasteiger partial charge in [-0.2, -0.15) is 5.10 Å². The Balaban J connectivity index is 1.70. The summed E-state index contributed by atoms with van der Waals surface area (Å²) >= 11 is 3.27. The molecule has 0 saturated heterocycles. The first-order valence-electron chi connectivity index (χ1n) is 7.36. The van der Waals surface area contributed by atoms with Crippen LogP contribution in [0.4, 0.5) is 0 Å². The van der Waals surface area contributed by atoms with E-state index in [1.54, 1.807) is 48.5 Å². The number of carbonyl (C=O) groups excluding carboxylic acids is 2. The van der Waals surface area contributed by atoms with Crippen LogP contribution < -0.4 is 16.4 Å². The van der Waals surface area contributed by atoms with Gasteiger partial charge in [0.15, 0.2) is 0 Å². The molecule has 3 rings (SSSR count). The summed E-state index contributed by atoms with van der Waals surface area (Å²) in [6.07, 6.45) is -0.0897. The summed E-state index contributed by atoms with van der Waals surface area (Å²) in [6.45, 7) is 0. The summed E-state index contributed by atoms with van der Waals surface area (Å²) < 4.78 is 0.620. The molecule has 2 amide bonds. The van der Waals surface area contributed by atoms with E-state index in [4.69, 9.17) is 0 Å². The van der Waals surface area contributed by atoms with Crippen molar-refractivity contribution in [3.63, 3.8) is 0 Å². The van der Waals surface area contributed by atoms with Crippen molar-refractivity contribution in [2.24, 2.45) is 0 Å². The Morgan fingerprint density at radius 2 is 1.68 bits per heavy atom. The number of nitrogens with zero attached hydrogens (tertiary/aromatic N) is 1. The zero-order valence-electron chi connectivity index (χ0n) is 12.9. The number of aromatic nitrogens is 2. The highest BCUT2D eigenvalue weighted by Gasteiger charge is 2.13. The monoisotopic (exact) mass is 400 g/mol. The summed E-state index contributed by atoms with van der Waals surface area (Å²) in [5.74, 6) is -0.898. The molecule has 0 atom stereocenters. The van der Waals surface area contributed by atoms with Gasteiger partial charge >= 0.3 is 0 Å². The molecule has 0 aliphatic rings. The minimum absolute atomic E-state index is 0.0897. The Labute approximate surface area is 150 Å². The van der Waals surface area contributed by atoms with Crippen LogP contribution in [0.15, 0.2) is 57.8 Å². The molecule has 3 N–H and O–H groups in total. The molecule has 0 saturated carbocycles. The third kappa shape index (κ3) is 3.74. The lowest BCUT2D eigenvalue weighted by atomic mass is 10.1. The SMILES string of the molecule is O=C(Cc1n[nH]c(=O)c2ccccc12)NNC(=O)c1ccccc1Br. The van der Waals surface area contributed by atoms with Gasteiger partial charge in [0.05, 0.1) is 23.1 Å². The summed E-state index contributed by atoms with van der Waals surface area (Å²) in [6, 6.07) is 13.7. The number of nitrogens with one attached hydrogen (secondary N) is 3. The normalized spacial score (nSPS) is 10.4. The highest BCUT2D eigenvalue weighted by molar-refractivity contribution is 9.10. The van der Waals surface area contributed by atoms with Crippen molar-refractivity contribution >= 4 is 38.5 Å². The lowest BCUT2D eigenvalue weighted by molar-refractivity contribution is -0.121. The minimum atomic E-state index is -0.454. The zero-order chi connectivity index (χ0) is 17.8. The van der Waals surface area contributed by atoms with E-state index in [0.29, 0.717) is 26.5 Å². The summed E-state index contributed by atoms with van der Waals surface area (Å²) in [7, 11) is 0. The molecule has 0 bridgehead atoms. The average molecular weight is 401 g/mol. The summed E-state index contributed by atoms with van der Waals surface area (Å²) in [4.78, 5) is 35.9. The average Bonchev–Trinajstić information content (AvgIpc) is 2.63. The van der Waals surface area contributed by atoms with Gasteiger partial charge < -0.3 is 0 Å². The van der Waals surface area contributed by atoms with E-state index < -0.39 is 11.8 Å². The van der Waals surface area contributed by atoms with E-state index in [2.05, 4.69) is 37.0 Å². The van der Waals surface area contributed by atoms with Crippen LogP contribution in [0.5, 0.6) is 0 Å². The molecule has 1 aromatic heterocycles. The van der Waals surface area contributed by atoms with Gasteiger partial charge in [-0.05, 0) is 34.1 Å². The minimum Gasteiger partial charge on any atom is -0.273 e. The van der Waals surface area contributed by atoms with E-state index in [-0.39, 0.29) is 12.0 Å². The van der Waals surface area contributed by atoms with Gasteiger partial charge in [-0.1, -0.05) is 30.3 Å². The zero-order valence-corrected chi connectivity index (χ0v) is 14.5. The number of hydrogen-bond acceptors (Lipinski definition) is 4. The van der Waals surface area contributed by atoms with E-state index in [9.17, 15) is 14.4 Å². The molecule has 8 heteroatoms. The second kappa shape index (κ2) is 7.27. The molecule has 25 heavy (non-hydrogen) atoms. The van der Waals surface area contributed by atoms with Crippen molar-refractivity contribution in [2.45, 2.75) is 6.42 Å². The first-order valence-corrected chi connectivity index (χ1v) is 8.15. The van der Waals surface area contributed by atoms with Crippen LogP contribution in [-0.4, -0.2) is 22.0 Å². The van der Waals surface area contributed by atoms with Crippen LogP contribution in [0.2, 0.25) is 0 Å². The molecule has 0 spiro atoms. The van der Waals surface area contributed by atoms with Crippen LogP contribution in [0.3, 0.4) is 0 Å². The molecule has 0 aliphatic carbocycles. The highest BCUT2D eigenvalue weighted by Crippen LogP contribution is 2.15. The van der Waals surface area contributed by atoms with Crippen molar-refractivity contribution in [2.75, 3.05) is 0 Å². The largest absolute Gasteiger partial charge is 0.273 e. The Bertz CT molecular complexity index is 1020.